The Kier molecular flexibility index (Phi) is 7.62. The van der Waals surface area contributed by atoms with E-state index in [1.807, 2.05) is 38.1 Å². The van der Waals surface area contributed by atoms with Crippen molar-refractivity contribution in [1.29, 1.82) is 0 Å². The summed E-state index contributed by atoms with van der Waals surface area (Å²) in [5.74, 6) is 1.31. The smallest absolute Gasteiger partial charge is 0.265 e. The van der Waals surface area contributed by atoms with Gasteiger partial charge in [0.15, 0.2) is 6.10 Å². The molecule has 3 nitrogen and oxygen atoms in total. The maximum Gasteiger partial charge on any atom is 0.265 e. The Morgan fingerprint density at radius 3 is 2.55 bits per heavy atom. The van der Waals surface area contributed by atoms with Gasteiger partial charge in [0.25, 0.3) is 5.91 Å². The lowest BCUT2D eigenvalue weighted by Gasteiger charge is -2.18. The van der Waals surface area contributed by atoms with Crippen molar-refractivity contribution in [3.05, 3.63) is 88.9 Å². The largest absolute Gasteiger partial charge is 0.481 e. The molecule has 0 radical (unpaired) electrons. The Balaban J connectivity index is 1.61. The summed E-state index contributed by atoms with van der Waals surface area (Å²) >= 11 is 7.79. The maximum absolute atomic E-state index is 12.7. The van der Waals surface area contributed by atoms with Gasteiger partial charge in [0.1, 0.15) is 5.75 Å². The number of anilines is 1. The van der Waals surface area contributed by atoms with Crippen LogP contribution < -0.4 is 10.1 Å². The lowest BCUT2D eigenvalue weighted by molar-refractivity contribution is -0.122. The molecule has 1 atom stereocenters. The molecule has 0 saturated carbocycles. The number of rotatable bonds is 8. The molecule has 5 heteroatoms. The van der Waals surface area contributed by atoms with E-state index in [1.165, 1.54) is 10.5 Å². The van der Waals surface area contributed by atoms with Crippen molar-refractivity contribution in [2.24, 2.45) is 0 Å². The van der Waals surface area contributed by atoms with Gasteiger partial charge in [-0.3, -0.25) is 4.79 Å². The lowest BCUT2D eigenvalue weighted by atomic mass is 10.1. The van der Waals surface area contributed by atoms with Crippen molar-refractivity contribution in [2.75, 3.05) is 5.32 Å². The number of carbonyl (C=O) groups is 1. The molecular formula is C24H24ClNO2S. The monoisotopic (exact) mass is 425 g/mol. The van der Waals surface area contributed by atoms with Gasteiger partial charge < -0.3 is 10.1 Å². The third-order valence-electron chi connectivity index (χ3n) is 4.44. The molecule has 29 heavy (non-hydrogen) atoms. The second-order valence-corrected chi connectivity index (χ2v) is 8.20. The van der Waals surface area contributed by atoms with E-state index < -0.39 is 6.10 Å². The number of hydrogen-bond donors (Lipinski definition) is 1. The van der Waals surface area contributed by atoms with Crippen molar-refractivity contribution in [2.45, 2.75) is 37.0 Å². The fourth-order valence-electron chi connectivity index (χ4n) is 2.88. The first kappa shape index (κ1) is 21.3. The van der Waals surface area contributed by atoms with Gasteiger partial charge in [0, 0.05) is 21.4 Å². The normalized spacial score (nSPS) is 11.7. The molecule has 1 amide bonds. The van der Waals surface area contributed by atoms with Crippen LogP contribution in [0.1, 0.15) is 24.5 Å². The van der Waals surface area contributed by atoms with Crippen molar-refractivity contribution in [3.8, 4) is 5.75 Å². The van der Waals surface area contributed by atoms with E-state index in [0.717, 1.165) is 17.0 Å². The van der Waals surface area contributed by atoms with Gasteiger partial charge in [0.2, 0.25) is 0 Å². The molecule has 0 fully saturated rings. The summed E-state index contributed by atoms with van der Waals surface area (Å²) in [6, 6.07) is 23.5. The van der Waals surface area contributed by atoms with Crippen LogP contribution >= 0.6 is 23.4 Å². The van der Waals surface area contributed by atoms with Gasteiger partial charge in [-0.2, -0.15) is 0 Å². The summed E-state index contributed by atoms with van der Waals surface area (Å²) in [6.45, 7) is 3.93. The first-order chi connectivity index (χ1) is 14.0. The summed E-state index contributed by atoms with van der Waals surface area (Å²) in [4.78, 5) is 13.9. The maximum atomic E-state index is 12.7. The van der Waals surface area contributed by atoms with Crippen molar-refractivity contribution in [1.82, 2.24) is 0 Å². The highest BCUT2D eigenvalue weighted by molar-refractivity contribution is 7.98. The quantitative estimate of drug-likeness (QED) is 0.406. The van der Waals surface area contributed by atoms with Crippen LogP contribution in [0.5, 0.6) is 5.75 Å². The molecular weight excluding hydrogens is 402 g/mol. The fourth-order valence-corrected chi connectivity index (χ4v) is 3.92. The van der Waals surface area contributed by atoms with E-state index in [2.05, 4.69) is 29.6 Å². The van der Waals surface area contributed by atoms with E-state index in [-0.39, 0.29) is 5.91 Å². The number of nitrogens with one attached hydrogen (secondary N) is 1. The minimum atomic E-state index is -0.582. The highest BCUT2D eigenvalue weighted by atomic mass is 35.5. The Hall–Kier alpha value is -2.43. The minimum absolute atomic E-state index is 0.165. The molecule has 0 unspecified atom stereocenters. The molecule has 3 rings (SSSR count). The Bertz CT molecular complexity index is 962. The van der Waals surface area contributed by atoms with Gasteiger partial charge in [-0.05, 0) is 60.9 Å². The molecule has 0 aliphatic rings. The average Bonchev–Trinajstić information content (AvgIpc) is 2.73. The number of aryl methyl sites for hydroxylation is 1. The number of thioether (sulfide) groups is 1. The van der Waals surface area contributed by atoms with Gasteiger partial charge in [-0.15, -0.1) is 11.8 Å². The van der Waals surface area contributed by atoms with Crippen LogP contribution in [-0.4, -0.2) is 12.0 Å². The average molecular weight is 426 g/mol. The van der Waals surface area contributed by atoms with E-state index in [0.29, 0.717) is 17.2 Å². The molecule has 0 bridgehead atoms. The van der Waals surface area contributed by atoms with Crippen molar-refractivity contribution >= 4 is 35.0 Å². The Morgan fingerprint density at radius 1 is 1.07 bits per heavy atom. The fraction of sp³-hybridized carbons (Fsp3) is 0.208. The predicted molar refractivity (Wildman–Crippen MR) is 122 cm³/mol. The zero-order chi connectivity index (χ0) is 20.6. The number of benzene rings is 3. The molecule has 0 aliphatic heterocycles. The number of halogens is 1. The molecule has 0 spiro atoms. The van der Waals surface area contributed by atoms with Crippen molar-refractivity contribution in [3.63, 3.8) is 0 Å². The number of hydrogen-bond acceptors (Lipinski definition) is 3. The van der Waals surface area contributed by atoms with Crippen LogP contribution in [0.2, 0.25) is 5.02 Å². The van der Waals surface area contributed by atoms with E-state index in [1.54, 1.807) is 36.0 Å². The first-order valence-electron chi connectivity index (χ1n) is 9.55. The number of carbonyl (C=O) groups excluding carboxylic acids is 1. The van der Waals surface area contributed by atoms with Crippen LogP contribution in [0.15, 0.2) is 77.7 Å². The minimum Gasteiger partial charge on any atom is -0.481 e. The third kappa shape index (κ3) is 6.28. The highest BCUT2D eigenvalue weighted by Crippen LogP contribution is 2.25. The third-order valence-corrected chi connectivity index (χ3v) is 5.75. The number of amides is 1. The summed E-state index contributed by atoms with van der Waals surface area (Å²) in [6.07, 6.45) is -0.0235. The molecule has 0 aliphatic carbocycles. The summed E-state index contributed by atoms with van der Waals surface area (Å²) < 4.78 is 5.83. The summed E-state index contributed by atoms with van der Waals surface area (Å²) in [5.41, 5.74) is 3.05. The zero-order valence-electron chi connectivity index (χ0n) is 16.5. The Morgan fingerprint density at radius 2 is 1.86 bits per heavy atom. The zero-order valence-corrected chi connectivity index (χ0v) is 18.1. The van der Waals surface area contributed by atoms with Crippen LogP contribution in [-0.2, 0) is 10.5 Å². The van der Waals surface area contributed by atoms with Gasteiger partial charge in [-0.25, -0.2) is 0 Å². The standard InChI is InChI=1S/C24H24ClNO2S/c1-3-23(28-20-9-7-8-19(25)15-20)24(27)26-22-13-12-18(14-17(22)2)16-29-21-10-5-4-6-11-21/h4-15,23H,3,16H2,1-2H3,(H,26,27)/t23-/m1/s1. The van der Waals surface area contributed by atoms with Gasteiger partial charge in [0.05, 0.1) is 0 Å². The van der Waals surface area contributed by atoms with E-state index in [4.69, 9.17) is 16.3 Å². The van der Waals surface area contributed by atoms with Crippen LogP contribution in [0.4, 0.5) is 5.69 Å². The second-order valence-electron chi connectivity index (χ2n) is 6.71. The topological polar surface area (TPSA) is 38.3 Å². The molecule has 0 heterocycles. The highest BCUT2D eigenvalue weighted by Gasteiger charge is 2.19. The predicted octanol–water partition coefficient (Wildman–Crippen LogP) is 6.74. The van der Waals surface area contributed by atoms with Crippen LogP contribution in [0.3, 0.4) is 0 Å². The van der Waals surface area contributed by atoms with E-state index >= 15 is 0 Å². The van der Waals surface area contributed by atoms with E-state index in [9.17, 15) is 4.79 Å². The van der Waals surface area contributed by atoms with Crippen molar-refractivity contribution < 1.29 is 9.53 Å². The summed E-state index contributed by atoms with van der Waals surface area (Å²) in [7, 11) is 0. The molecule has 1 N–H and O–H groups in total. The molecule has 0 aromatic heterocycles. The molecule has 0 saturated heterocycles. The number of ether oxygens (including phenoxy) is 1. The molecule has 3 aromatic carbocycles. The van der Waals surface area contributed by atoms with Gasteiger partial charge in [-0.1, -0.05) is 54.9 Å². The lowest BCUT2D eigenvalue weighted by Crippen LogP contribution is -2.32. The molecule has 3 aromatic rings. The molecule has 150 valence electrons. The van der Waals surface area contributed by atoms with Crippen LogP contribution in [0.25, 0.3) is 0 Å². The Labute approximate surface area is 181 Å². The van der Waals surface area contributed by atoms with Gasteiger partial charge >= 0.3 is 0 Å². The van der Waals surface area contributed by atoms with Crippen LogP contribution in [0, 0.1) is 6.92 Å². The SMILES string of the molecule is CC[C@@H](Oc1cccc(Cl)c1)C(=O)Nc1ccc(CSc2ccccc2)cc1C. The first-order valence-corrected chi connectivity index (χ1v) is 10.9. The second kappa shape index (κ2) is 10.4. The summed E-state index contributed by atoms with van der Waals surface area (Å²) in [5, 5.41) is 3.57.